The summed E-state index contributed by atoms with van der Waals surface area (Å²) in [7, 11) is 0. The average molecular weight is 487 g/mol. The Bertz CT molecular complexity index is 1430. The Morgan fingerprint density at radius 3 is 2.51 bits per heavy atom. The summed E-state index contributed by atoms with van der Waals surface area (Å²) >= 11 is 1.61. The fraction of sp³-hybridized carbons (Fsp3) is 0.357. The summed E-state index contributed by atoms with van der Waals surface area (Å²) in [6.45, 7) is 10.6. The van der Waals surface area contributed by atoms with Gasteiger partial charge in [-0.3, -0.25) is 14.6 Å². The summed E-state index contributed by atoms with van der Waals surface area (Å²) in [5, 5.41) is 0.713. The average Bonchev–Trinajstić information content (AvgIpc) is 3.44. The van der Waals surface area contributed by atoms with Crippen LogP contribution < -0.4 is 10.3 Å². The number of aryl methyl sites for hydroxylation is 2. The molecule has 4 heterocycles. The Morgan fingerprint density at radius 1 is 1.00 bits per heavy atom. The van der Waals surface area contributed by atoms with Crippen molar-refractivity contribution in [3.63, 3.8) is 0 Å². The van der Waals surface area contributed by atoms with Gasteiger partial charge in [-0.05, 0) is 36.6 Å². The van der Waals surface area contributed by atoms with E-state index in [1.54, 1.807) is 11.3 Å². The van der Waals surface area contributed by atoms with Crippen LogP contribution in [0.3, 0.4) is 0 Å². The van der Waals surface area contributed by atoms with E-state index in [-0.39, 0.29) is 5.56 Å². The van der Waals surface area contributed by atoms with Crippen molar-refractivity contribution < 1.29 is 4.74 Å². The first-order valence-corrected chi connectivity index (χ1v) is 13.1. The number of aromatic nitrogens is 2. The van der Waals surface area contributed by atoms with Gasteiger partial charge in [0, 0.05) is 49.6 Å². The minimum Gasteiger partial charge on any atom is -0.493 e. The molecule has 1 fully saturated rings. The summed E-state index contributed by atoms with van der Waals surface area (Å²) in [5.41, 5.74) is 5.95. The Balaban J connectivity index is 1.13. The van der Waals surface area contributed by atoms with Crippen LogP contribution in [-0.2, 0) is 19.5 Å². The van der Waals surface area contributed by atoms with Crippen LogP contribution in [0.25, 0.3) is 21.3 Å². The second-order valence-corrected chi connectivity index (χ2v) is 10.9. The number of rotatable bonds is 5. The molecule has 0 atom stereocenters. The van der Waals surface area contributed by atoms with Crippen molar-refractivity contribution in [2.45, 2.75) is 33.4 Å². The molecule has 0 bridgehead atoms. The predicted octanol–water partition coefficient (Wildman–Crippen LogP) is 4.52. The highest BCUT2D eigenvalue weighted by molar-refractivity contribution is 7.19. The molecule has 2 aromatic heterocycles. The van der Waals surface area contributed by atoms with E-state index in [1.807, 2.05) is 0 Å². The maximum absolute atomic E-state index is 13.1. The molecular formula is C28H30N4O2S. The molecule has 35 heavy (non-hydrogen) atoms. The van der Waals surface area contributed by atoms with Crippen molar-refractivity contribution in [1.82, 2.24) is 19.8 Å². The number of nitrogens with one attached hydrogen (secondary N) is 1. The minimum atomic E-state index is -0.0378. The largest absolute Gasteiger partial charge is 0.493 e. The fourth-order valence-electron chi connectivity index (χ4n) is 5.22. The number of aromatic amines is 1. The Kier molecular flexibility index (Phi) is 5.92. The molecule has 2 aliphatic rings. The lowest BCUT2D eigenvalue weighted by Gasteiger charge is -2.34. The van der Waals surface area contributed by atoms with Crippen molar-refractivity contribution in [2.75, 3.05) is 32.8 Å². The Morgan fingerprint density at radius 2 is 1.74 bits per heavy atom. The Labute approximate surface area is 209 Å². The molecule has 0 aliphatic carbocycles. The summed E-state index contributed by atoms with van der Waals surface area (Å²) < 4.78 is 5.63. The van der Waals surface area contributed by atoms with Gasteiger partial charge in [-0.25, -0.2) is 4.98 Å². The van der Waals surface area contributed by atoms with Gasteiger partial charge < -0.3 is 9.72 Å². The van der Waals surface area contributed by atoms with Gasteiger partial charge in [-0.15, -0.1) is 11.3 Å². The summed E-state index contributed by atoms with van der Waals surface area (Å²) in [6.07, 6.45) is 1.02. The second kappa shape index (κ2) is 9.22. The van der Waals surface area contributed by atoms with E-state index >= 15 is 0 Å². The molecule has 180 valence electrons. The van der Waals surface area contributed by atoms with Crippen LogP contribution in [0.1, 0.15) is 27.4 Å². The predicted molar refractivity (Wildman–Crippen MR) is 141 cm³/mol. The lowest BCUT2D eigenvalue weighted by molar-refractivity contribution is 0.120. The van der Waals surface area contributed by atoms with Crippen molar-refractivity contribution in [1.29, 1.82) is 0 Å². The molecular weight excluding hydrogens is 456 g/mol. The quantitative estimate of drug-likeness (QED) is 0.449. The van der Waals surface area contributed by atoms with Crippen LogP contribution in [0.5, 0.6) is 5.75 Å². The lowest BCUT2D eigenvalue weighted by atomic mass is 10.0. The first-order chi connectivity index (χ1) is 17.0. The summed E-state index contributed by atoms with van der Waals surface area (Å²) in [6, 6.07) is 15.0. The van der Waals surface area contributed by atoms with Crippen molar-refractivity contribution in [2.24, 2.45) is 0 Å². The SMILES string of the molecule is Cc1ccc(-c2c(C)sc3nc(CN4CCN(Cc5ccc6c(c5)CCO6)CC4)[nH]c(=O)c23)cc1. The highest BCUT2D eigenvalue weighted by atomic mass is 32.1. The standard InChI is InChI=1S/C28H30N4O2S/c1-18-3-6-21(7-4-18)25-19(2)35-28-26(25)27(33)29-24(30-28)17-32-12-10-31(11-13-32)16-20-5-8-23-22(15-20)9-14-34-23/h3-8,15H,9-14,16-17H2,1-2H3,(H,29,30,33). The Hall–Kier alpha value is -3.00. The zero-order valence-electron chi connectivity index (χ0n) is 20.3. The number of H-pyrrole nitrogens is 1. The number of piperazine rings is 1. The van der Waals surface area contributed by atoms with Crippen LogP contribution in [0, 0.1) is 13.8 Å². The van der Waals surface area contributed by atoms with E-state index in [9.17, 15) is 4.79 Å². The van der Waals surface area contributed by atoms with Crippen LogP contribution in [-0.4, -0.2) is 52.6 Å². The molecule has 0 saturated carbocycles. The molecule has 7 heteroatoms. The minimum absolute atomic E-state index is 0.0378. The van der Waals surface area contributed by atoms with Gasteiger partial charge in [0.2, 0.25) is 0 Å². The van der Waals surface area contributed by atoms with Crippen LogP contribution in [0.15, 0.2) is 47.3 Å². The first kappa shape index (κ1) is 22.5. The third-order valence-electron chi connectivity index (χ3n) is 7.13. The number of benzene rings is 2. The normalized spacial score (nSPS) is 16.5. The fourth-order valence-corrected chi connectivity index (χ4v) is 6.28. The van der Waals surface area contributed by atoms with Gasteiger partial charge in [-0.2, -0.15) is 0 Å². The molecule has 0 spiro atoms. The van der Waals surface area contributed by atoms with Gasteiger partial charge in [0.15, 0.2) is 0 Å². The zero-order chi connectivity index (χ0) is 23.9. The molecule has 2 aliphatic heterocycles. The molecule has 1 N–H and O–H groups in total. The molecule has 0 unspecified atom stereocenters. The van der Waals surface area contributed by atoms with Gasteiger partial charge in [-0.1, -0.05) is 42.0 Å². The van der Waals surface area contributed by atoms with Crippen molar-refractivity contribution in [3.05, 3.63) is 80.2 Å². The number of hydrogen-bond donors (Lipinski definition) is 1. The lowest BCUT2D eigenvalue weighted by Crippen LogP contribution is -2.45. The van der Waals surface area contributed by atoms with Gasteiger partial charge in [0.25, 0.3) is 5.56 Å². The van der Waals surface area contributed by atoms with E-state index in [0.29, 0.717) is 11.9 Å². The monoisotopic (exact) mass is 486 g/mol. The van der Waals surface area contributed by atoms with Gasteiger partial charge in [0.05, 0.1) is 18.5 Å². The van der Waals surface area contributed by atoms with E-state index < -0.39 is 0 Å². The highest BCUT2D eigenvalue weighted by Gasteiger charge is 2.21. The number of hydrogen-bond acceptors (Lipinski definition) is 6. The van der Waals surface area contributed by atoms with Gasteiger partial charge in [0.1, 0.15) is 16.4 Å². The van der Waals surface area contributed by atoms with Crippen molar-refractivity contribution in [3.8, 4) is 16.9 Å². The highest BCUT2D eigenvalue weighted by Crippen LogP contribution is 2.35. The van der Waals surface area contributed by atoms with E-state index in [4.69, 9.17) is 9.72 Å². The van der Waals surface area contributed by atoms with E-state index in [2.05, 4.69) is 71.1 Å². The number of thiophene rings is 1. The topological polar surface area (TPSA) is 61.5 Å². The third-order valence-corrected chi connectivity index (χ3v) is 8.12. The second-order valence-electron chi connectivity index (χ2n) is 9.68. The molecule has 6 rings (SSSR count). The van der Waals surface area contributed by atoms with E-state index in [0.717, 1.165) is 78.2 Å². The van der Waals surface area contributed by atoms with Crippen LogP contribution in [0.2, 0.25) is 0 Å². The number of ether oxygens (including phenoxy) is 1. The van der Waals surface area contributed by atoms with Crippen LogP contribution >= 0.6 is 11.3 Å². The summed E-state index contributed by atoms with van der Waals surface area (Å²) in [5.74, 6) is 1.80. The molecule has 1 saturated heterocycles. The first-order valence-electron chi connectivity index (χ1n) is 12.3. The smallest absolute Gasteiger partial charge is 0.260 e. The molecule has 0 radical (unpaired) electrons. The van der Waals surface area contributed by atoms with Gasteiger partial charge >= 0.3 is 0 Å². The van der Waals surface area contributed by atoms with Crippen molar-refractivity contribution >= 4 is 21.6 Å². The van der Waals surface area contributed by atoms with E-state index in [1.165, 1.54) is 16.7 Å². The molecule has 6 nitrogen and oxygen atoms in total. The zero-order valence-corrected chi connectivity index (χ0v) is 21.1. The maximum Gasteiger partial charge on any atom is 0.260 e. The number of fused-ring (bicyclic) bond motifs is 2. The molecule has 4 aromatic rings. The maximum atomic E-state index is 13.1. The molecule has 0 amide bonds. The molecule has 2 aromatic carbocycles. The third kappa shape index (κ3) is 4.51. The number of nitrogens with zero attached hydrogens (tertiary/aromatic N) is 3. The van der Waals surface area contributed by atoms with Crippen LogP contribution in [0.4, 0.5) is 0 Å². The summed E-state index contributed by atoms with van der Waals surface area (Å²) in [4.78, 5) is 27.9.